The Hall–Kier alpha value is -1.34. The van der Waals surface area contributed by atoms with E-state index in [1.807, 2.05) is 26.8 Å². The predicted octanol–water partition coefficient (Wildman–Crippen LogP) is 1.49. The second-order valence-electron chi connectivity index (χ2n) is 4.15. The lowest BCUT2D eigenvalue weighted by atomic mass is 9.97. The Kier molecular flexibility index (Phi) is 7.23. The van der Waals surface area contributed by atoms with E-state index in [1.54, 1.807) is 0 Å². The van der Waals surface area contributed by atoms with Gasteiger partial charge in [-0.2, -0.15) is 5.26 Å². The number of nitriles is 1. The van der Waals surface area contributed by atoms with Gasteiger partial charge in [-0.3, -0.25) is 4.79 Å². The number of ether oxygens (including phenoxy) is 1. The van der Waals surface area contributed by atoms with Crippen molar-refractivity contribution >= 4 is 5.91 Å². The maximum Gasteiger partial charge on any atom is 0.237 e. The fraction of sp³-hybridized carbons (Fsp3) is 0.667. The van der Waals surface area contributed by atoms with Crippen LogP contribution in [0.25, 0.3) is 0 Å². The fourth-order valence-corrected chi connectivity index (χ4v) is 1.11. The lowest BCUT2D eigenvalue weighted by Gasteiger charge is -2.13. The monoisotopic (exact) mass is 224 g/mol. The molecule has 0 aromatic rings. The third-order valence-electron chi connectivity index (χ3n) is 1.98. The summed E-state index contributed by atoms with van der Waals surface area (Å²) in [7, 11) is 0. The minimum Gasteiger partial charge on any atom is -0.375 e. The Balaban J connectivity index is 3.73. The van der Waals surface area contributed by atoms with Gasteiger partial charge in [0.15, 0.2) is 0 Å². The van der Waals surface area contributed by atoms with Gasteiger partial charge in [0.2, 0.25) is 5.91 Å². The van der Waals surface area contributed by atoms with E-state index in [0.717, 1.165) is 5.57 Å². The highest BCUT2D eigenvalue weighted by Crippen LogP contribution is 2.08. The second-order valence-corrected chi connectivity index (χ2v) is 4.15. The smallest absolute Gasteiger partial charge is 0.237 e. The molecule has 0 bridgehead atoms. The Morgan fingerprint density at radius 1 is 1.56 bits per heavy atom. The molecule has 0 aliphatic rings. The minimum atomic E-state index is -0.582. The highest BCUT2D eigenvalue weighted by molar-refractivity contribution is 5.81. The molecule has 0 aromatic heterocycles. The molecule has 0 spiro atoms. The number of carbonyl (C=O) groups excluding carboxylic acids is 1. The van der Waals surface area contributed by atoms with E-state index in [1.165, 1.54) is 0 Å². The van der Waals surface area contributed by atoms with Crippen LogP contribution in [0.15, 0.2) is 12.2 Å². The van der Waals surface area contributed by atoms with E-state index in [0.29, 0.717) is 19.8 Å². The van der Waals surface area contributed by atoms with Crippen molar-refractivity contribution in [2.24, 2.45) is 11.8 Å². The molecular formula is C12H20N2O2. The van der Waals surface area contributed by atoms with Crippen LogP contribution in [-0.2, 0) is 9.53 Å². The van der Waals surface area contributed by atoms with Crippen molar-refractivity contribution < 1.29 is 9.53 Å². The first-order valence-corrected chi connectivity index (χ1v) is 5.38. The summed E-state index contributed by atoms with van der Waals surface area (Å²) >= 11 is 0. The number of hydrogen-bond donors (Lipinski definition) is 1. The molecule has 90 valence electrons. The van der Waals surface area contributed by atoms with Gasteiger partial charge in [0, 0.05) is 6.54 Å². The quantitative estimate of drug-likeness (QED) is 0.526. The van der Waals surface area contributed by atoms with Crippen LogP contribution in [0.5, 0.6) is 0 Å². The first-order valence-electron chi connectivity index (χ1n) is 5.38. The third kappa shape index (κ3) is 6.20. The van der Waals surface area contributed by atoms with Crippen molar-refractivity contribution in [3.8, 4) is 6.07 Å². The van der Waals surface area contributed by atoms with E-state index in [-0.39, 0.29) is 11.8 Å². The Morgan fingerprint density at radius 3 is 2.62 bits per heavy atom. The average Bonchev–Trinajstić information content (AvgIpc) is 2.17. The molecule has 0 aliphatic heterocycles. The van der Waals surface area contributed by atoms with Crippen LogP contribution in [-0.4, -0.2) is 25.7 Å². The van der Waals surface area contributed by atoms with Crippen molar-refractivity contribution in [1.29, 1.82) is 5.26 Å². The van der Waals surface area contributed by atoms with Crippen molar-refractivity contribution in [3.63, 3.8) is 0 Å². The zero-order valence-electron chi connectivity index (χ0n) is 10.2. The highest BCUT2D eigenvalue weighted by atomic mass is 16.5. The molecule has 0 radical (unpaired) electrons. The topological polar surface area (TPSA) is 62.1 Å². The van der Waals surface area contributed by atoms with Crippen LogP contribution in [0.3, 0.4) is 0 Å². The highest BCUT2D eigenvalue weighted by Gasteiger charge is 2.20. The average molecular weight is 224 g/mol. The van der Waals surface area contributed by atoms with Gasteiger partial charge in [-0.1, -0.05) is 26.0 Å². The first kappa shape index (κ1) is 14.7. The lowest BCUT2D eigenvalue weighted by Crippen LogP contribution is -2.34. The van der Waals surface area contributed by atoms with Crippen LogP contribution >= 0.6 is 0 Å². The molecule has 1 atom stereocenters. The van der Waals surface area contributed by atoms with Gasteiger partial charge < -0.3 is 10.1 Å². The Morgan fingerprint density at radius 2 is 2.19 bits per heavy atom. The van der Waals surface area contributed by atoms with Gasteiger partial charge in [-0.15, -0.1) is 0 Å². The molecule has 0 saturated heterocycles. The number of carbonyl (C=O) groups is 1. The zero-order valence-corrected chi connectivity index (χ0v) is 10.2. The van der Waals surface area contributed by atoms with E-state index >= 15 is 0 Å². The first-order chi connectivity index (χ1) is 7.49. The molecule has 16 heavy (non-hydrogen) atoms. The molecule has 0 aliphatic carbocycles. The van der Waals surface area contributed by atoms with E-state index in [9.17, 15) is 4.79 Å². The van der Waals surface area contributed by atoms with Gasteiger partial charge in [-0.25, -0.2) is 0 Å². The standard InChI is InChI=1S/C12H20N2O2/c1-9(2)8-16-6-5-14-12(15)11(7-13)10(3)4/h10-11H,1,5-6,8H2,2-4H3,(H,14,15). The molecule has 0 heterocycles. The maximum atomic E-state index is 11.5. The van der Waals surface area contributed by atoms with Crippen LogP contribution in [0.4, 0.5) is 0 Å². The number of hydrogen-bond acceptors (Lipinski definition) is 3. The van der Waals surface area contributed by atoms with Crippen molar-refractivity contribution in [1.82, 2.24) is 5.32 Å². The maximum absolute atomic E-state index is 11.5. The summed E-state index contributed by atoms with van der Waals surface area (Å²) in [5.41, 5.74) is 0.948. The van der Waals surface area contributed by atoms with Crippen molar-refractivity contribution in [2.45, 2.75) is 20.8 Å². The summed E-state index contributed by atoms with van der Waals surface area (Å²) in [6.07, 6.45) is 0. The van der Waals surface area contributed by atoms with Crippen LogP contribution in [0.2, 0.25) is 0 Å². The summed E-state index contributed by atoms with van der Waals surface area (Å²) < 4.78 is 5.22. The van der Waals surface area contributed by atoms with E-state index in [2.05, 4.69) is 11.9 Å². The van der Waals surface area contributed by atoms with Gasteiger partial charge in [0.25, 0.3) is 0 Å². The normalized spacial score (nSPS) is 11.9. The molecule has 0 saturated carbocycles. The SMILES string of the molecule is C=C(C)COCCNC(=O)C(C#N)C(C)C. The Labute approximate surface area is 97.3 Å². The van der Waals surface area contributed by atoms with Gasteiger partial charge in [0.1, 0.15) is 5.92 Å². The Bertz CT molecular complexity index is 279. The predicted molar refractivity (Wildman–Crippen MR) is 62.6 cm³/mol. The number of amides is 1. The molecule has 0 aromatic carbocycles. The second kappa shape index (κ2) is 7.89. The summed E-state index contributed by atoms with van der Waals surface area (Å²) in [4.78, 5) is 11.5. The van der Waals surface area contributed by atoms with E-state index in [4.69, 9.17) is 10.00 Å². The molecule has 1 unspecified atom stereocenters. The molecule has 1 N–H and O–H groups in total. The molecule has 1 amide bonds. The number of nitrogens with one attached hydrogen (secondary N) is 1. The van der Waals surface area contributed by atoms with Crippen LogP contribution < -0.4 is 5.32 Å². The zero-order chi connectivity index (χ0) is 12.6. The summed E-state index contributed by atoms with van der Waals surface area (Å²) in [6, 6.07) is 1.99. The lowest BCUT2D eigenvalue weighted by molar-refractivity contribution is -0.124. The fourth-order valence-electron chi connectivity index (χ4n) is 1.11. The largest absolute Gasteiger partial charge is 0.375 e. The summed E-state index contributed by atoms with van der Waals surface area (Å²) in [5.74, 6) is -0.779. The molecular weight excluding hydrogens is 204 g/mol. The molecule has 4 nitrogen and oxygen atoms in total. The van der Waals surface area contributed by atoms with Gasteiger partial charge >= 0.3 is 0 Å². The van der Waals surface area contributed by atoms with Gasteiger partial charge in [0.05, 0.1) is 19.3 Å². The van der Waals surface area contributed by atoms with Crippen LogP contribution in [0.1, 0.15) is 20.8 Å². The number of nitrogens with zero attached hydrogens (tertiary/aromatic N) is 1. The third-order valence-corrected chi connectivity index (χ3v) is 1.98. The van der Waals surface area contributed by atoms with Gasteiger partial charge in [-0.05, 0) is 12.8 Å². The summed E-state index contributed by atoms with van der Waals surface area (Å²) in [5, 5.41) is 11.5. The summed E-state index contributed by atoms with van der Waals surface area (Å²) in [6.45, 7) is 10.6. The number of rotatable bonds is 7. The molecule has 0 fully saturated rings. The van der Waals surface area contributed by atoms with E-state index < -0.39 is 5.92 Å². The van der Waals surface area contributed by atoms with Crippen molar-refractivity contribution in [3.05, 3.63) is 12.2 Å². The minimum absolute atomic E-state index is 0.0290. The van der Waals surface area contributed by atoms with Crippen molar-refractivity contribution in [2.75, 3.05) is 19.8 Å². The molecule has 4 heteroatoms. The molecule has 0 rings (SSSR count). The van der Waals surface area contributed by atoms with Crippen LogP contribution in [0, 0.1) is 23.2 Å².